The van der Waals surface area contributed by atoms with Crippen molar-refractivity contribution >= 4 is 27.3 Å². The third-order valence-electron chi connectivity index (χ3n) is 4.95. The summed E-state index contributed by atoms with van der Waals surface area (Å²) in [5, 5.41) is 15.2. The Morgan fingerprint density at radius 1 is 1.19 bits per heavy atom. The summed E-state index contributed by atoms with van der Waals surface area (Å²) in [5.74, 6) is -0.331. The van der Waals surface area contributed by atoms with Crippen LogP contribution in [-0.4, -0.2) is 49.6 Å². The molecule has 1 saturated heterocycles. The van der Waals surface area contributed by atoms with Crippen molar-refractivity contribution in [3.8, 4) is 6.07 Å². The van der Waals surface area contributed by atoms with Gasteiger partial charge in [0.05, 0.1) is 28.9 Å². The number of sulfone groups is 1. The number of nitrogens with one attached hydrogen (secondary N) is 1. The molecule has 1 aromatic heterocycles. The first-order valence-corrected chi connectivity index (χ1v) is 11.4. The minimum absolute atomic E-state index is 0.0200. The number of pyridine rings is 1. The molecule has 1 atom stereocenters. The first kappa shape index (κ1) is 21.0. The Balaban J connectivity index is 1.57. The van der Waals surface area contributed by atoms with Gasteiger partial charge in [0.2, 0.25) is 0 Å². The monoisotopic (exact) mass is 440 g/mol. The zero-order chi connectivity index (χ0) is 21.8. The Kier molecular flexibility index (Phi) is 5.97. The van der Waals surface area contributed by atoms with Crippen LogP contribution >= 0.6 is 0 Å². The van der Waals surface area contributed by atoms with Crippen LogP contribution in [0.5, 0.6) is 0 Å². The van der Waals surface area contributed by atoms with E-state index in [0.29, 0.717) is 43.6 Å². The van der Waals surface area contributed by atoms with Crippen LogP contribution in [0.25, 0.3) is 0 Å². The van der Waals surface area contributed by atoms with Crippen molar-refractivity contribution in [2.75, 3.05) is 18.5 Å². The molecule has 1 aromatic carbocycles. The van der Waals surface area contributed by atoms with Gasteiger partial charge >= 0.3 is 0 Å². The van der Waals surface area contributed by atoms with Crippen LogP contribution in [0.3, 0.4) is 0 Å². The highest BCUT2D eigenvalue weighted by molar-refractivity contribution is 7.92. The molecule has 1 N–H and O–H groups in total. The fraction of sp³-hybridized carbons (Fsp3) is 0.333. The molecule has 10 heteroatoms. The van der Waals surface area contributed by atoms with E-state index in [0.717, 1.165) is 0 Å². The Morgan fingerprint density at radius 2 is 1.97 bits per heavy atom. The third kappa shape index (κ3) is 4.90. The molecule has 160 valence electrons. The quantitative estimate of drug-likeness (QED) is 0.515. The number of aromatic nitrogens is 1. The van der Waals surface area contributed by atoms with E-state index in [9.17, 15) is 13.2 Å². The molecular weight excluding hydrogens is 420 g/mol. The van der Waals surface area contributed by atoms with Gasteiger partial charge in [-0.25, -0.2) is 13.4 Å². The second-order valence-electron chi connectivity index (χ2n) is 7.30. The Bertz CT molecular complexity index is 1130. The van der Waals surface area contributed by atoms with E-state index in [4.69, 9.17) is 14.8 Å². The van der Waals surface area contributed by atoms with Crippen molar-refractivity contribution in [3.05, 3.63) is 53.7 Å². The van der Waals surface area contributed by atoms with Crippen LogP contribution in [0.15, 0.2) is 52.6 Å². The average molecular weight is 440 g/mol. The number of amides is 1. The number of hydrogen-bond acceptors (Lipinski definition) is 8. The maximum Gasteiger partial charge on any atom is 0.279 e. The van der Waals surface area contributed by atoms with E-state index in [-0.39, 0.29) is 27.8 Å². The predicted molar refractivity (Wildman–Crippen MR) is 111 cm³/mol. The molecule has 2 heterocycles. The number of ether oxygens (including phenoxy) is 1. The predicted octanol–water partition coefficient (Wildman–Crippen LogP) is 2.04. The summed E-state index contributed by atoms with van der Waals surface area (Å²) >= 11 is 0. The number of hydrogen-bond donors (Lipinski definition) is 1. The van der Waals surface area contributed by atoms with Gasteiger partial charge in [0.1, 0.15) is 11.9 Å². The van der Waals surface area contributed by atoms with E-state index >= 15 is 0 Å². The lowest BCUT2D eigenvalue weighted by atomic mass is 10.1. The third-order valence-corrected chi connectivity index (χ3v) is 7.23. The second-order valence-corrected chi connectivity index (χ2v) is 9.53. The van der Waals surface area contributed by atoms with Gasteiger partial charge in [-0.05, 0) is 37.1 Å². The lowest BCUT2D eigenvalue weighted by molar-refractivity contribution is -0.110. The van der Waals surface area contributed by atoms with Crippen LogP contribution in [0, 0.1) is 11.3 Å². The number of nitriles is 1. The van der Waals surface area contributed by atoms with Crippen molar-refractivity contribution < 1.29 is 22.8 Å². The molecule has 2 aliphatic rings. The van der Waals surface area contributed by atoms with Crippen molar-refractivity contribution in [1.82, 2.24) is 4.98 Å². The van der Waals surface area contributed by atoms with Crippen LogP contribution in [0.2, 0.25) is 0 Å². The number of anilines is 1. The topological polar surface area (TPSA) is 131 Å². The second kappa shape index (κ2) is 8.83. The molecule has 2 fully saturated rings. The van der Waals surface area contributed by atoms with Gasteiger partial charge in [0, 0.05) is 18.2 Å². The summed E-state index contributed by atoms with van der Waals surface area (Å²) in [6.07, 6.45) is 3.09. The smallest absolute Gasteiger partial charge is 0.279 e. The molecule has 4 rings (SSSR count). The number of nitrogens with zero attached hydrogens (tertiary/aromatic N) is 3. The lowest BCUT2D eigenvalue weighted by Crippen LogP contribution is -2.25. The standard InChI is InChI=1S/C21H20N4O5S/c22-11-14-1-8-19(23-12-14)24-21(26)20(25-30-16-9-10-29-13-16)15-2-4-17(5-3-15)31(27,28)18-6-7-18/h1-5,8,12,16,18H,6-7,9-10,13H2,(H,23,24,26)/b25-20+/t16-/m1/s1. The number of oxime groups is 1. The minimum Gasteiger partial charge on any atom is -0.389 e. The molecule has 1 aliphatic carbocycles. The summed E-state index contributed by atoms with van der Waals surface area (Å²) in [4.78, 5) is 22.6. The van der Waals surface area contributed by atoms with Crippen LogP contribution in [-0.2, 0) is 24.2 Å². The number of benzene rings is 1. The molecule has 0 spiro atoms. The number of carbonyl (C=O) groups excluding carboxylic acids is 1. The molecule has 31 heavy (non-hydrogen) atoms. The SMILES string of the molecule is N#Cc1ccc(NC(=O)/C(=N/O[C@@H]2CCOC2)c2ccc(S(=O)(=O)C3CC3)cc2)nc1. The van der Waals surface area contributed by atoms with E-state index in [1.807, 2.05) is 6.07 Å². The molecular formula is C21H20N4O5S. The van der Waals surface area contributed by atoms with Gasteiger partial charge in [-0.2, -0.15) is 5.26 Å². The van der Waals surface area contributed by atoms with Gasteiger partial charge in [-0.15, -0.1) is 0 Å². The van der Waals surface area contributed by atoms with E-state index in [1.165, 1.54) is 42.6 Å². The van der Waals surface area contributed by atoms with Gasteiger partial charge in [0.15, 0.2) is 21.7 Å². The highest BCUT2D eigenvalue weighted by Crippen LogP contribution is 2.33. The summed E-state index contributed by atoms with van der Waals surface area (Å²) in [7, 11) is -3.33. The average Bonchev–Trinajstić information content (AvgIpc) is 3.52. The molecule has 0 bridgehead atoms. The lowest BCUT2D eigenvalue weighted by Gasteiger charge is -2.11. The van der Waals surface area contributed by atoms with Crippen LogP contribution < -0.4 is 5.32 Å². The highest BCUT2D eigenvalue weighted by Gasteiger charge is 2.36. The van der Waals surface area contributed by atoms with E-state index < -0.39 is 15.7 Å². The van der Waals surface area contributed by atoms with Crippen molar-refractivity contribution in [1.29, 1.82) is 5.26 Å². The Morgan fingerprint density at radius 3 is 2.55 bits per heavy atom. The molecule has 1 amide bonds. The first-order chi connectivity index (χ1) is 15.0. The molecule has 1 aliphatic heterocycles. The maximum atomic E-state index is 12.9. The zero-order valence-electron chi connectivity index (χ0n) is 16.5. The summed E-state index contributed by atoms with van der Waals surface area (Å²) in [5.41, 5.74) is 0.747. The number of rotatable bonds is 7. The van der Waals surface area contributed by atoms with Crippen LogP contribution in [0.4, 0.5) is 5.82 Å². The Labute approximate surface area is 179 Å². The van der Waals surface area contributed by atoms with Crippen LogP contribution in [0.1, 0.15) is 30.4 Å². The Hall–Kier alpha value is -3.29. The highest BCUT2D eigenvalue weighted by atomic mass is 32.2. The molecule has 2 aromatic rings. The normalized spacial score (nSPS) is 18.9. The maximum absolute atomic E-state index is 12.9. The summed E-state index contributed by atoms with van der Waals surface area (Å²) in [6, 6.07) is 11.0. The van der Waals surface area contributed by atoms with Gasteiger partial charge in [-0.1, -0.05) is 17.3 Å². The minimum atomic E-state index is -3.33. The van der Waals surface area contributed by atoms with Crippen molar-refractivity contribution in [2.45, 2.75) is 35.5 Å². The number of carbonyl (C=O) groups is 1. The van der Waals surface area contributed by atoms with E-state index in [2.05, 4.69) is 15.5 Å². The van der Waals surface area contributed by atoms with E-state index in [1.54, 1.807) is 0 Å². The fourth-order valence-corrected chi connectivity index (χ4v) is 4.69. The summed E-state index contributed by atoms with van der Waals surface area (Å²) < 4.78 is 30.1. The summed E-state index contributed by atoms with van der Waals surface area (Å²) in [6.45, 7) is 0.943. The molecule has 9 nitrogen and oxygen atoms in total. The largest absolute Gasteiger partial charge is 0.389 e. The molecule has 0 radical (unpaired) electrons. The van der Waals surface area contributed by atoms with Gasteiger partial charge in [0.25, 0.3) is 5.91 Å². The van der Waals surface area contributed by atoms with Crippen molar-refractivity contribution in [2.24, 2.45) is 5.16 Å². The zero-order valence-corrected chi connectivity index (χ0v) is 17.3. The van der Waals surface area contributed by atoms with Gasteiger partial charge < -0.3 is 14.9 Å². The molecule has 0 unspecified atom stereocenters. The van der Waals surface area contributed by atoms with Gasteiger partial charge in [-0.3, -0.25) is 4.79 Å². The molecule has 1 saturated carbocycles. The van der Waals surface area contributed by atoms with Crippen molar-refractivity contribution in [3.63, 3.8) is 0 Å². The fourth-order valence-electron chi connectivity index (χ4n) is 3.03. The first-order valence-electron chi connectivity index (χ1n) is 9.81.